The van der Waals surface area contributed by atoms with Gasteiger partial charge < -0.3 is 5.32 Å². The summed E-state index contributed by atoms with van der Waals surface area (Å²) in [6, 6.07) is 10.8. The van der Waals surface area contributed by atoms with Crippen molar-refractivity contribution < 1.29 is 18.8 Å². The fourth-order valence-corrected chi connectivity index (χ4v) is 2.71. The van der Waals surface area contributed by atoms with E-state index in [0.29, 0.717) is 16.8 Å². The second-order valence-electron chi connectivity index (χ2n) is 5.98. The van der Waals surface area contributed by atoms with Crippen LogP contribution in [0.25, 0.3) is 0 Å². The number of carbonyl (C=O) groups is 3. The third-order valence-corrected chi connectivity index (χ3v) is 4.15. The average molecular weight is 340 g/mol. The maximum atomic E-state index is 13.1. The van der Waals surface area contributed by atoms with E-state index >= 15 is 0 Å². The van der Waals surface area contributed by atoms with Crippen LogP contribution in [0.2, 0.25) is 0 Å². The van der Waals surface area contributed by atoms with Crippen molar-refractivity contribution in [1.82, 2.24) is 4.90 Å². The number of likely N-dealkylation sites (tertiary alicyclic amines) is 1. The lowest BCUT2D eigenvalue weighted by Gasteiger charge is -2.14. The molecular weight excluding hydrogens is 323 g/mol. The largest absolute Gasteiger partial charge is 0.322 e. The number of anilines is 1. The molecule has 6 heteroatoms. The summed E-state index contributed by atoms with van der Waals surface area (Å²) in [5.74, 6) is -1.00. The van der Waals surface area contributed by atoms with Crippen molar-refractivity contribution in [2.75, 3.05) is 5.32 Å². The van der Waals surface area contributed by atoms with Gasteiger partial charge in [0.2, 0.25) is 11.8 Å². The molecule has 1 heterocycles. The van der Waals surface area contributed by atoms with Gasteiger partial charge in [0.15, 0.2) is 0 Å². The molecule has 0 atom stereocenters. The van der Waals surface area contributed by atoms with Crippen molar-refractivity contribution in [2.45, 2.75) is 26.3 Å². The summed E-state index contributed by atoms with van der Waals surface area (Å²) in [7, 11) is 0. The monoisotopic (exact) mass is 340 g/mol. The Bertz CT molecular complexity index is 830. The number of benzene rings is 2. The van der Waals surface area contributed by atoms with Gasteiger partial charge in [-0.2, -0.15) is 0 Å². The Hall–Kier alpha value is -3.02. The topological polar surface area (TPSA) is 66.5 Å². The van der Waals surface area contributed by atoms with E-state index < -0.39 is 0 Å². The lowest BCUT2D eigenvalue weighted by molar-refractivity contribution is -0.139. The smallest absolute Gasteiger partial charge is 0.255 e. The number of rotatable bonds is 4. The van der Waals surface area contributed by atoms with Crippen LogP contribution >= 0.6 is 0 Å². The summed E-state index contributed by atoms with van der Waals surface area (Å²) in [5.41, 5.74) is 2.39. The molecule has 0 saturated carbocycles. The van der Waals surface area contributed by atoms with E-state index in [0.717, 1.165) is 5.56 Å². The van der Waals surface area contributed by atoms with Crippen molar-refractivity contribution in [3.05, 3.63) is 65.0 Å². The van der Waals surface area contributed by atoms with Gasteiger partial charge in [0.05, 0.1) is 6.54 Å². The molecular formula is C19H17FN2O3. The van der Waals surface area contributed by atoms with Crippen LogP contribution in [0.15, 0.2) is 42.5 Å². The number of imide groups is 1. The van der Waals surface area contributed by atoms with E-state index in [9.17, 15) is 18.8 Å². The number of hydrogen-bond donors (Lipinski definition) is 1. The molecule has 0 bridgehead atoms. The molecule has 1 aliphatic rings. The normalized spacial score (nSPS) is 14.1. The highest BCUT2D eigenvalue weighted by atomic mass is 19.1. The van der Waals surface area contributed by atoms with Gasteiger partial charge in [0, 0.05) is 24.1 Å². The zero-order chi connectivity index (χ0) is 18.0. The lowest BCUT2D eigenvalue weighted by atomic mass is 10.1. The van der Waals surface area contributed by atoms with Gasteiger partial charge in [-0.3, -0.25) is 19.3 Å². The Morgan fingerprint density at radius 3 is 2.32 bits per heavy atom. The number of carbonyl (C=O) groups excluding carboxylic acids is 3. The highest BCUT2D eigenvalue weighted by molar-refractivity contribution is 6.04. The number of hydrogen-bond acceptors (Lipinski definition) is 3. The van der Waals surface area contributed by atoms with Gasteiger partial charge >= 0.3 is 0 Å². The lowest BCUT2D eigenvalue weighted by Crippen LogP contribution is -2.28. The van der Waals surface area contributed by atoms with Crippen LogP contribution in [-0.4, -0.2) is 22.6 Å². The minimum Gasteiger partial charge on any atom is -0.322 e. The van der Waals surface area contributed by atoms with E-state index in [1.807, 2.05) is 0 Å². The Kier molecular flexibility index (Phi) is 4.61. The van der Waals surface area contributed by atoms with Crippen molar-refractivity contribution in [3.8, 4) is 0 Å². The predicted octanol–water partition coefficient (Wildman–Crippen LogP) is 3.04. The van der Waals surface area contributed by atoms with Gasteiger partial charge in [0.1, 0.15) is 5.82 Å². The molecule has 2 aromatic rings. The van der Waals surface area contributed by atoms with Crippen LogP contribution in [0, 0.1) is 12.7 Å². The zero-order valence-electron chi connectivity index (χ0n) is 13.7. The van der Waals surface area contributed by atoms with E-state index in [4.69, 9.17) is 0 Å². The van der Waals surface area contributed by atoms with Crippen LogP contribution < -0.4 is 5.32 Å². The first-order valence-electron chi connectivity index (χ1n) is 7.93. The van der Waals surface area contributed by atoms with Crippen molar-refractivity contribution >= 4 is 23.4 Å². The molecule has 0 aromatic heterocycles. The number of nitrogens with zero attached hydrogens (tertiary/aromatic N) is 1. The Morgan fingerprint density at radius 1 is 1.08 bits per heavy atom. The van der Waals surface area contributed by atoms with Gasteiger partial charge in [-0.05, 0) is 48.4 Å². The number of nitrogens with one attached hydrogen (secondary N) is 1. The summed E-state index contributed by atoms with van der Waals surface area (Å²) in [4.78, 5) is 36.8. The van der Waals surface area contributed by atoms with Crippen LogP contribution in [-0.2, 0) is 16.1 Å². The van der Waals surface area contributed by atoms with E-state index in [2.05, 4.69) is 5.32 Å². The summed E-state index contributed by atoms with van der Waals surface area (Å²) in [5, 5.41) is 2.74. The average Bonchev–Trinajstić information content (AvgIpc) is 2.90. The van der Waals surface area contributed by atoms with E-state index in [1.165, 1.54) is 23.1 Å². The van der Waals surface area contributed by atoms with Crippen LogP contribution in [0.5, 0.6) is 0 Å². The molecule has 1 saturated heterocycles. The van der Waals surface area contributed by atoms with Gasteiger partial charge in [-0.1, -0.05) is 12.1 Å². The molecule has 1 N–H and O–H groups in total. The van der Waals surface area contributed by atoms with Gasteiger partial charge in [-0.25, -0.2) is 4.39 Å². The van der Waals surface area contributed by atoms with Crippen molar-refractivity contribution in [2.24, 2.45) is 0 Å². The molecule has 0 aliphatic carbocycles. The molecule has 3 amide bonds. The van der Waals surface area contributed by atoms with Gasteiger partial charge in [-0.15, -0.1) is 0 Å². The third kappa shape index (κ3) is 3.74. The molecule has 5 nitrogen and oxygen atoms in total. The van der Waals surface area contributed by atoms with Crippen LogP contribution in [0.1, 0.15) is 34.3 Å². The highest BCUT2D eigenvalue weighted by Gasteiger charge is 2.28. The van der Waals surface area contributed by atoms with E-state index in [1.54, 1.807) is 31.2 Å². The second kappa shape index (κ2) is 6.84. The van der Waals surface area contributed by atoms with Crippen molar-refractivity contribution in [1.29, 1.82) is 0 Å². The standard InChI is InChI=1S/C19H17FN2O3/c1-12-10-15(20)6-7-16(12)21-19(25)14-4-2-13(3-5-14)11-22-17(23)8-9-18(22)24/h2-7,10H,8-9,11H2,1H3,(H,21,25). The molecule has 0 spiro atoms. The number of aryl methyl sites for hydroxylation is 1. The molecule has 1 fully saturated rings. The van der Waals surface area contributed by atoms with Crippen LogP contribution in [0.4, 0.5) is 10.1 Å². The number of halogens is 1. The Balaban J connectivity index is 1.68. The van der Waals surface area contributed by atoms with Crippen LogP contribution in [0.3, 0.4) is 0 Å². The fourth-order valence-electron chi connectivity index (χ4n) is 2.71. The summed E-state index contributed by atoms with van der Waals surface area (Å²) in [6.07, 6.45) is 0.521. The molecule has 1 aliphatic heterocycles. The second-order valence-corrected chi connectivity index (χ2v) is 5.98. The molecule has 3 rings (SSSR count). The Labute approximate surface area is 144 Å². The first kappa shape index (κ1) is 16.8. The molecule has 0 radical (unpaired) electrons. The highest BCUT2D eigenvalue weighted by Crippen LogP contribution is 2.18. The Morgan fingerprint density at radius 2 is 1.72 bits per heavy atom. The first-order valence-corrected chi connectivity index (χ1v) is 7.93. The maximum absolute atomic E-state index is 13.1. The minimum atomic E-state index is -0.356. The van der Waals surface area contributed by atoms with Gasteiger partial charge in [0.25, 0.3) is 5.91 Å². The minimum absolute atomic E-state index is 0.168. The molecule has 0 unspecified atom stereocenters. The third-order valence-electron chi connectivity index (χ3n) is 4.15. The summed E-state index contributed by atoms with van der Waals surface area (Å²) < 4.78 is 13.1. The molecule has 2 aromatic carbocycles. The SMILES string of the molecule is Cc1cc(F)ccc1NC(=O)c1ccc(CN2C(=O)CCC2=O)cc1. The molecule has 128 valence electrons. The zero-order valence-corrected chi connectivity index (χ0v) is 13.7. The van der Waals surface area contributed by atoms with E-state index in [-0.39, 0.29) is 42.9 Å². The van der Waals surface area contributed by atoms with Crippen molar-refractivity contribution in [3.63, 3.8) is 0 Å². The number of amides is 3. The summed E-state index contributed by atoms with van der Waals surface area (Å²) in [6.45, 7) is 1.93. The maximum Gasteiger partial charge on any atom is 0.255 e. The summed E-state index contributed by atoms with van der Waals surface area (Å²) >= 11 is 0. The molecule has 25 heavy (non-hydrogen) atoms. The quantitative estimate of drug-likeness (QED) is 0.870. The first-order chi connectivity index (χ1) is 11.9. The fraction of sp³-hybridized carbons (Fsp3) is 0.211. The predicted molar refractivity (Wildman–Crippen MR) is 90.3 cm³/mol.